The van der Waals surface area contributed by atoms with Gasteiger partial charge in [-0.1, -0.05) is 11.3 Å². The van der Waals surface area contributed by atoms with Crippen molar-refractivity contribution in [2.24, 2.45) is 0 Å². The molecule has 4 heterocycles. The summed E-state index contributed by atoms with van der Waals surface area (Å²) in [6.45, 7) is 3.17. The molecule has 212 valence electrons. The van der Waals surface area contributed by atoms with Crippen molar-refractivity contribution < 1.29 is 23.8 Å². The van der Waals surface area contributed by atoms with Gasteiger partial charge in [0.25, 0.3) is 5.56 Å². The molecule has 0 saturated carbocycles. The van der Waals surface area contributed by atoms with Crippen molar-refractivity contribution in [3.05, 3.63) is 68.4 Å². The van der Waals surface area contributed by atoms with Gasteiger partial charge in [0.1, 0.15) is 33.0 Å². The number of amides is 1. The van der Waals surface area contributed by atoms with E-state index in [2.05, 4.69) is 15.5 Å². The molecule has 2 atom stereocenters. The first kappa shape index (κ1) is 27.7. The molecule has 2 unspecified atom stereocenters. The maximum absolute atomic E-state index is 14.4. The molecule has 0 radical (unpaired) electrons. The van der Waals surface area contributed by atoms with Crippen LogP contribution in [0.1, 0.15) is 37.0 Å². The highest BCUT2D eigenvalue weighted by atomic mass is 32.1. The zero-order valence-corrected chi connectivity index (χ0v) is 23.0. The Balaban J connectivity index is 1.80. The van der Waals surface area contributed by atoms with Crippen molar-refractivity contribution in [3.63, 3.8) is 0 Å². The summed E-state index contributed by atoms with van der Waals surface area (Å²) in [4.78, 5) is 43.0. The summed E-state index contributed by atoms with van der Waals surface area (Å²) in [7, 11) is 1.43. The second kappa shape index (κ2) is 10.9. The number of thiophene rings is 1. The Labute approximate surface area is 231 Å². The number of aryl methyl sites for hydroxylation is 1. The van der Waals surface area contributed by atoms with E-state index in [0.717, 1.165) is 15.9 Å². The van der Waals surface area contributed by atoms with Crippen LogP contribution in [0.3, 0.4) is 0 Å². The monoisotopic (exact) mass is 572 g/mol. The Morgan fingerprint density at radius 3 is 2.67 bits per heavy atom. The van der Waals surface area contributed by atoms with Crippen LogP contribution in [-0.2, 0) is 21.6 Å². The third-order valence-corrected chi connectivity index (χ3v) is 8.47. The molecule has 1 fully saturated rings. The van der Waals surface area contributed by atoms with Crippen LogP contribution in [0.15, 0.2) is 40.2 Å². The molecule has 5 rings (SSSR count). The lowest BCUT2D eigenvalue weighted by molar-refractivity contribution is -0.131. The quantitative estimate of drug-likeness (QED) is 0.308. The number of rotatable bonds is 9. The number of hydrogen-bond donors (Lipinski definition) is 2. The van der Waals surface area contributed by atoms with Gasteiger partial charge in [0.15, 0.2) is 0 Å². The molecular weight excluding hydrogens is 543 g/mol. The summed E-state index contributed by atoms with van der Waals surface area (Å²) >= 11 is 1.14. The van der Waals surface area contributed by atoms with Crippen LogP contribution in [0.5, 0.6) is 5.75 Å². The second-order valence-electron chi connectivity index (χ2n) is 9.67. The Hall–Kier alpha value is -3.88. The topological polar surface area (TPSA) is 142 Å². The van der Waals surface area contributed by atoms with E-state index in [0.29, 0.717) is 46.1 Å². The van der Waals surface area contributed by atoms with Gasteiger partial charge in [-0.15, -0.1) is 4.80 Å². The SMILES string of the molecule is COc1ccc(F)cc1C(Cn1c(=O)n(C2(C)CCCNC2=O)c(=O)c2c(C)c(-n3nccn3)sc21)OCCO. The Morgan fingerprint density at radius 2 is 2.00 bits per heavy atom. The van der Waals surface area contributed by atoms with E-state index < -0.39 is 34.6 Å². The van der Waals surface area contributed by atoms with E-state index in [-0.39, 0.29) is 25.1 Å². The number of methoxy groups -OCH3 is 1. The lowest BCUT2D eigenvalue weighted by atomic mass is 9.91. The molecule has 1 aliphatic rings. The summed E-state index contributed by atoms with van der Waals surface area (Å²) < 4.78 is 28.1. The van der Waals surface area contributed by atoms with Crippen LogP contribution in [0, 0.1) is 12.7 Å². The van der Waals surface area contributed by atoms with E-state index in [1.165, 1.54) is 47.1 Å². The van der Waals surface area contributed by atoms with Gasteiger partial charge in [-0.2, -0.15) is 10.2 Å². The number of fused-ring (bicyclic) bond motifs is 1. The number of aliphatic hydroxyl groups excluding tert-OH is 1. The van der Waals surface area contributed by atoms with Gasteiger partial charge in [-0.3, -0.25) is 14.2 Å². The van der Waals surface area contributed by atoms with Crippen molar-refractivity contribution in [3.8, 4) is 10.8 Å². The molecule has 0 bridgehead atoms. The number of halogens is 1. The molecule has 1 aliphatic heterocycles. The fraction of sp³-hybridized carbons (Fsp3) is 0.423. The highest BCUT2D eigenvalue weighted by molar-refractivity contribution is 7.21. The average Bonchev–Trinajstić information content (AvgIpc) is 3.58. The molecule has 0 spiro atoms. The van der Waals surface area contributed by atoms with Gasteiger partial charge >= 0.3 is 5.69 Å². The number of aromatic nitrogens is 5. The Bertz CT molecular complexity index is 1680. The summed E-state index contributed by atoms with van der Waals surface area (Å²) in [5.74, 6) is -0.642. The number of carbonyl (C=O) groups excluding carboxylic acids is 1. The molecule has 12 nitrogen and oxygen atoms in total. The number of hydrogen-bond acceptors (Lipinski definition) is 9. The van der Waals surface area contributed by atoms with Gasteiger partial charge < -0.3 is 19.9 Å². The van der Waals surface area contributed by atoms with E-state index in [1.54, 1.807) is 13.8 Å². The standard InChI is InChI=1S/C26H29FN6O6S/c1-15-20-21(35)32(26(2)7-4-8-28-24(26)36)25(37)31(23(20)40-22(15)33-29-9-10-30-33)14-19(39-12-11-34)17-13-16(27)5-6-18(17)38-3/h5-6,9-10,13,19,34H,4,7-8,11-12,14H2,1-3H3,(H,28,36). The minimum absolute atomic E-state index is 0.103. The van der Waals surface area contributed by atoms with E-state index in [9.17, 15) is 23.9 Å². The van der Waals surface area contributed by atoms with Crippen LogP contribution in [0.25, 0.3) is 15.2 Å². The zero-order chi connectivity index (χ0) is 28.6. The summed E-state index contributed by atoms with van der Waals surface area (Å²) in [5, 5.41) is 21.4. The van der Waals surface area contributed by atoms with Gasteiger partial charge in [-0.25, -0.2) is 13.8 Å². The molecule has 2 N–H and O–H groups in total. The van der Waals surface area contributed by atoms with E-state index in [4.69, 9.17) is 9.47 Å². The lowest BCUT2D eigenvalue weighted by Crippen LogP contribution is -2.59. The van der Waals surface area contributed by atoms with Crippen LogP contribution >= 0.6 is 11.3 Å². The minimum atomic E-state index is -1.43. The van der Waals surface area contributed by atoms with Crippen molar-refractivity contribution in [2.75, 3.05) is 26.9 Å². The van der Waals surface area contributed by atoms with Crippen molar-refractivity contribution in [2.45, 2.75) is 44.9 Å². The number of ether oxygens (including phenoxy) is 2. The first-order valence-electron chi connectivity index (χ1n) is 12.7. The predicted octanol–water partition coefficient (Wildman–Crippen LogP) is 1.64. The van der Waals surface area contributed by atoms with Crippen molar-refractivity contribution in [1.82, 2.24) is 29.4 Å². The Morgan fingerprint density at radius 1 is 1.25 bits per heavy atom. The van der Waals surface area contributed by atoms with Crippen LogP contribution < -0.4 is 21.3 Å². The van der Waals surface area contributed by atoms with E-state index >= 15 is 0 Å². The molecular formula is C26H29FN6O6S. The number of benzene rings is 1. The highest BCUT2D eigenvalue weighted by Crippen LogP contribution is 2.34. The van der Waals surface area contributed by atoms with Crippen molar-refractivity contribution >= 4 is 27.5 Å². The summed E-state index contributed by atoms with van der Waals surface area (Å²) in [5.41, 5.74) is -1.89. The van der Waals surface area contributed by atoms with Gasteiger partial charge in [0.2, 0.25) is 5.91 Å². The normalized spacial score (nSPS) is 18.2. The van der Waals surface area contributed by atoms with Gasteiger partial charge in [0.05, 0.1) is 44.6 Å². The summed E-state index contributed by atoms with van der Waals surface area (Å²) in [6.07, 6.45) is 2.92. The number of aliphatic hydroxyl groups is 1. The van der Waals surface area contributed by atoms with E-state index in [1.807, 2.05) is 0 Å². The molecule has 14 heteroatoms. The molecule has 3 aromatic heterocycles. The molecule has 40 heavy (non-hydrogen) atoms. The third-order valence-electron chi connectivity index (χ3n) is 7.19. The minimum Gasteiger partial charge on any atom is -0.496 e. The average molecular weight is 573 g/mol. The van der Waals surface area contributed by atoms with Gasteiger partial charge in [-0.05, 0) is 44.9 Å². The largest absolute Gasteiger partial charge is 0.496 e. The van der Waals surface area contributed by atoms with Crippen LogP contribution in [0.4, 0.5) is 4.39 Å². The second-order valence-corrected chi connectivity index (χ2v) is 10.6. The number of nitrogens with zero attached hydrogens (tertiary/aromatic N) is 5. The fourth-order valence-corrected chi connectivity index (χ4v) is 6.37. The Kier molecular flexibility index (Phi) is 7.57. The number of carbonyl (C=O) groups is 1. The number of piperidine rings is 1. The molecule has 1 aromatic carbocycles. The summed E-state index contributed by atoms with van der Waals surface area (Å²) in [6, 6.07) is 3.93. The zero-order valence-electron chi connectivity index (χ0n) is 22.2. The molecule has 1 amide bonds. The molecule has 0 aliphatic carbocycles. The highest BCUT2D eigenvalue weighted by Gasteiger charge is 2.41. The maximum atomic E-state index is 14.4. The van der Waals surface area contributed by atoms with Crippen molar-refractivity contribution in [1.29, 1.82) is 0 Å². The maximum Gasteiger partial charge on any atom is 0.333 e. The first-order chi connectivity index (χ1) is 19.2. The number of nitrogens with one attached hydrogen (secondary N) is 1. The van der Waals surface area contributed by atoms with Gasteiger partial charge in [0, 0.05) is 17.7 Å². The third kappa shape index (κ3) is 4.61. The fourth-order valence-electron chi connectivity index (χ4n) is 5.15. The first-order valence-corrected chi connectivity index (χ1v) is 13.5. The smallest absolute Gasteiger partial charge is 0.333 e. The van der Waals surface area contributed by atoms with Crippen LogP contribution in [0.2, 0.25) is 0 Å². The molecule has 1 saturated heterocycles. The van der Waals surface area contributed by atoms with Crippen LogP contribution in [-0.4, -0.2) is 62.0 Å². The lowest BCUT2D eigenvalue weighted by Gasteiger charge is -2.34. The predicted molar refractivity (Wildman–Crippen MR) is 145 cm³/mol. The molecule has 4 aromatic rings.